The monoisotopic (exact) mass is 284 g/mol. The van der Waals surface area contributed by atoms with E-state index in [1.54, 1.807) is 0 Å². The lowest BCUT2D eigenvalue weighted by Gasteiger charge is -2.14. The van der Waals surface area contributed by atoms with Crippen LogP contribution in [0.25, 0.3) is 0 Å². The van der Waals surface area contributed by atoms with E-state index in [9.17, 15) is 5.11 Å². The molecule has 2 aromatic carbocycles. The quantitative estimate of drug-likeness (QED) is 0.810. The first-order valence-corrected chi connectivity index (χ1v) is 7.74. The molecule has 0 radical (unpaired) electrons. The van der Waals surface area contributed by atoms with Crippen molar-refractivity contribution in [3.63, 3.8) is 0 Å². The maximum atomic E-state index is 10.5. The van der Waals surface area contributed by atoms with Gasteiger partial charge in [0.05, 0.1) is 6.61 Å². The van der Waals surface area contributed by atoms with Crippen molar-refractivity contribution in [1.29, 1.82) is 0 Å². The molecular formula is C19H24O2. The topological polar surface area (TPSA) is 29.5 Å². The predicted molar refractivity (Wildman–Crippen MR) is 86.7 cm³/mol. The zero-order valence-electron chi connectivity index (χ0n) is 12.9. The van der Waals surface area contributed by atoms with Gasteiger partial charge in [0.15, 0.2) is 0 Å². The summed E-state index contributed by atoms with van der Waals surface area (Å²) in [5.74, 6) is 0.816. The summed E-state index contributed by atoms with van der Waals surface area (Å²) in [5, 5.41) is 10.5. The minimum atomic E-state index is -0.606. The zero-order valence-corrected chi connectivity index (χ0v) is 12.9. The summed E-state index contributed by atoms with van der Waals surface area (Å²) in [5.41, 5.74) is 3.10. The van der Waals surface area contributed by atoms with Crippen molar-refractivity contribution < 1.29 is 9.84 Å². The fraction of sp³-hybridized carbons (Fsp3) is 0.368. The fourth-order valence-electron chi connectivity index (χ4n) is 2.34. The van der Waals surface area contributed by atoms with Gasteiger partial charge in [-0.3, -0.25) is 0 Å². The summed E-state index contributed by atoms with van der Waals surface area (Å²) in [6.45, 7) is 4.95. The molecule has 0 aliphatic rings. The van der Waals surface area contributed by atoms with Crippen molar-refractivity contribution in [2.45, 2.75) is 39.2 Å². The smallest absolute Gasteiger partial charge is 0.119 e. The summed E-state index contributed by atoms with van der Waals surface area (Å²) in [6.07, 6.45) is 2.59. The van der Waals surface area contributed by atoms with Crippen LogP contribution in [0.15, 0.2) is 48.5 Å². The second kappa shape index (κ2) is 7.84. The molecule has 112 valence electrons. The first-order chi connectivity index (χ1) is 10.2. The lowest BCUT2D eigenvalue weighted by Crippen LogP contribution is -2.01. The van der Waals surface area contributed by atoms with Crippen molar-refractivity contribution >= 4 is 0 Å². The zero-order chi connectivity index (χ0) is 15.1. The van der Waals surface area contributed by atoms with Crippen LogP contribution in [0.1, 0.15) is 49.5 Å². The van der Waals surface area contributed by atoms with Crippen molar-refractivity contribution in [2.24, 2.45) is 0 Å². The molecule has 1 unspecified atom stereocenters. The molecule has 0 saturated heterocycles. The molecule has 21 heavy (non-hydrogen) atoms. The van der Waals surface area contributed by atoms with Crippen LogP contribution < -0.4 is 4.74 Å². The molecule has 2 rings (SSSR count). The standard InChI is InChI=1S/C19H24O2/c1-3-6-15-9-11-16(12-10-15)19(20)17-7-5-8-18(14-17)21-13-4-2/h5,7-12,14,19-20H,3-4,6,13H2,1-2H3. The molecule has 1 atom stereocenters. The van der Waals surface area contributed by atoms with Crippen LogP contribution in [0.2, 0.25) is 0 Å². The van der Waals surface area contributed by atoms with Crippen molar-refractivity contribution in [3.8, 4) is 5.75 Å². The Bertz CT molecular complexity index is 546. The van der Waals surface area contributed by atoms with E-state index >= 15 is 0 Å². The molecule has 0 bridgehead atoms. The highest BCUT2D eigenvalue weighted by atomic mass is 16.5. The van der Waals surface area contributed by atoms with E-state index in [2.05, 4.69) is 26.0 Å². The van der Waals surface area contributed by atoms with E-state index in [0.717, 1.165) is 36.1 Å². The van der Waals surface area contributed by atoms with E-state index in [4.69, 9.17) is 4.74 Å². The van der Waals surface area contributed by atoms with Crippen LogP contribution in [-0.2, 0) is 6.42 Å². The summed E-state index contributed by atoms with van der Waals surface area (Å²) in [7, 11) is 0. The van der Waals surface area contributed by atoms with Crippen LogP contribution in [0.5, 0.6) is 5.75 Å². The third kappa shape index (κ3) is 4.33. The van der Waals surface area contributed by atoms with Gasteiger partial charge in [0.2, 0.25) is 0 Å². The van der Waals surface area contributed by atoms with E-state index in [0.29, 0.717) is 6.61 Å². The molecular weight excluding hydrogens is 260 g/mol. The molecule has 0 saturated carbocycles. The van der Waals surface area contributed by atoms with Crippen molar-refractivity contribution in [3.05, 3.63) is 65.2 Å². The van der Waals surface area contributed by atoms with Gasteiger partial charge in [-0.2, -0.15) is 0 Å². The number of rotatable bonds is 7. The Hall–Kier alpha value is -1.80. The van der Waals surface area contributed by atoms with Gasteiger partial charge in [-0.05, 0) is 41.7 Å². The van der Waals surface area contributed by atoms with E-state index < -0.39 is 6.10 Å². The van der Waals surface area contributed by atoms with Gasteiger partial charge >= 0.3 is 0 Å². The second-order valence-electron chi connectivity index (χ2n) is 5.32. The summed E-state index contributed by atoms with van der Waals surface area (Å²) in [6, 6.07) is 15.9. The van der Waals surface area contributed by atoms with Gasteiger partial charge in [0.1, 0.15) is 11.9 Å². The normalized spacial score (nSPS) is 12.1. The van der Waals surface area contributed by atoms with Gasteiger partial charge in [-0.25, -0.2) is 0 Å². The largest absolute Gasteiger partial charge is 0.494 e. The molecule has 0 heterocycles. The Kier molecular flexibility index (Phi) is 5.82. The average Bonchev–Trinajstić information content (AvgIpc) is 2.53. The molecule has 2 heteroatoms. The van der Waals surface area contributed by atoms with Gasteiger partial charge in [-0.15, -0.1) is 0 Å². The third-order valence-corrected chi connectivity index (χ3v) is 3.48. The lowest BCUT2D eigenvalue weighted by atomic mass is 9.99. The first kappa shape index (κ1) is 15.6. The minimum Gasteiger partial charge on any atom is -0.494 e. The molecule has 0 fully saturated rings. The van der Waals surface area contributed by atoms with E-state index in [-0.39, 0.29) is 0 Å². The highest BCUT2D eigenvalue weighted by molar-refractivity contribution is 5.36. The maximum absolute atomic E-state index is 10.5. The lowest BCUT2D eigenvalue weighted by molar-refractivity contribution is 0.219. The number of hydrogen-bond donors (Lipinski definition) is 1. The Morgan fingerprint density at radius 3 is 2.38 bits per heavy atom. The third-order valence-electron chi connectivity index (χ3n) is 3.48. The molecule has 1 N–H and O–H groups in total. The Morgan fingerprint density at radius 2 is 1.71 bits per heavy atom. The summed E-state index contributed by atoms with van der Waals surface area (Å²) < 4.78 is 5.62. The Morgan fingerprint density at radius 1 is 0.952 bits per heavy atom. The van der Waals surface area contributed by atoms with Crippen LogP contribution in [0.3, 0.4) is 0 Å². The highest BCUT2D eigenvalue weighted by Crippen LogP contribution is 2.25. The number of ether oxygens (including phenoxy) is 1. The van der Waals surface area contributed by atoms with E-state index in [1.807, 2.05) is 36.4 Å². The number of benzene rings is 2. The highest BCUT2D eigenvalue weighted by Gasteiger charge is 2.11. The molecule has 0 aliphatic heterocycles. The fourth-order valence-corrected chi connectivity index (χ4v) is 2.34. The van der Waals surface area contributed by atoms with Crippen LogP contribution in [0.4, 0.5) is 0 Å². The molecule has 2 nitrogen and oxygen atoms in total. The van der Waals surface area contributed by atoms with Gasteiger partial charge in [-0.1, -0.05) is 56.7 Å². The van der Waals surface area contributed by atoms with Crippen molar-refractivity contribution in [1.82, 2.24) is 0 Å². The molecule has 0 aromatic heterocycles. The predicted octanol–water partition coefficient (Wildman–Crippen LogP) is 4.51. The summed E-state index contributed by atoms with van der Waals surface area (Å²) in [4.78, 5) is 0. The van der Waals surface area contributed by atoms with Crippen LogP contribution in [0, 0.1) is 0 Å². The number of aliphatic hydroxyl groups excluding tert-OH is 1. The number of aryl methyl sites for hydroxylation is 1. The molecule has 0 spiro atoms. The molecule has 2 aromatic rings. The minimum absolute atomic E-state index is 0.606. The Labute approximate surface area is 127 Å². The second-order valence-corrected chi connectivity index (χ2v) is 5.32. The van der Waals surface area contributed by atoms with Crippen LogP contribution in [-0.4, -0.2) is 11.7 Å². The molecule has 0 aliphatic carbocycles. The van der Waals surface area contributed by atoms with Gasteiger partial charge < -0.3 is 9.84 Å². The first-order valence-electron chi connectivity index (χ1n) is 7.74. The molecule has 0 amide bonds. The summed E-state index contributed by atoms with van der Waals surface area (Å²) >= 11 is 0. The number of hydrogen-bond acceptors (Lipinski definition) is 2. The Balaban J connectivity index is 2.13. The van der Waals surface area contributed by atoms with Gasteiger partial charge in [0, 0.05) is 0 Å². The van der Waals surface area contributed by atoms with E-state index in [1.165, 1.54) is 5.56 Å². The van der Waals surface area contributed by atoms with Gasteiger partial charge in [0.25, 0.3) is 0 Å². The SMILES string of the molecule is CCCOc1cccc(C(O)c2ccc(CCC)cc2)c1. The van der Waals surface area contributed by atoms with Crippen molar-refractivity contribution in [2.75, 3.05) is 6.61 Å². The average molecular weight is 284 g/mol. The van der Waals surface area contributed by atoms with Crippen LogP contribution >= 0.6 is 0 Å². The maximum Gasteiger partial charge on any atom is 0.119 e. The number of aliphatic hydroxyl groups is 1.